The van der Waals surface area contributed by atoms with Gasteiger partial charge in [-0.1, -0.05) is 6.07 Å². The third kappa shape index (κ3) is 3.27. The molecule has 7 nitrogen and oxygen atoms in total. The summed E-state index contributed by atoms with van der Waals surface area (Å²) >= 11 is 0. The van der Waals surface area contributed by atoms with E-state index in [1.807, 2.05) is 25.1 Å². The maximum absolute atomic E-state index is 13.2. The van der Waals surface area contributed by atoms with Gasteiger partial charge in [-0.25, -0.2) is 4.79 Å². The van der Waals surface area contributed by atoms with Gasteiger partial charge in [0, 0.05) is 53.3 Å². The molecule has 0 saturated carbocycles. The topological polar surface area (TPSA) is 70.8 Å². The molecule has 1 atom stereocenters. The lowest BCUT2D eigenvalue weighted by Crippen LogP contribution is -2.20. The van der Waals surface area contributed by atoms with Crippen LogP contribution in [0, 0.1) is 0 Å². The quantitative estimate of drug-likeness (QED) is 0.609. The van der Waals surface area contributed by atoms with E-state index >= 15 is 0 Å². The van der Waals surface area contributed by atoms with Gasteiger partial charge < -0.3 is 14.4 Å². The van der Waals surface area contributed by atoms with Crippen molar-refractivity contribution < 1.29 is 14.6 Å². The van der Waals surface area contributed by atoms with Gasteiger partial charge in [-0.05, 0) is 59.0 Å². The van der Waals surface area contributed by atoms with Crippen molar-refractivity contribution in [3.05, 3.63) is 47.4 Å². The first-order valence-electron chi connectivity index (χ1n) is 11.4. The summed E-state index contributed by atoms with van der Waals surface area (Å²) in [6.07, 6.45) is 5.92. The van der Waals surface area contributed by atoms with Crippen molar-refractivity contribution in [3.63, 3.8) is 0 Å². The van der Waals surface area contributed by atoms with Crippen molar-refractivity contribution >= 4 is 16.9 Å². The van der Waals surface area contributed by atoms with E-state index in [0.29, 0.717) is 25.3 Å². The first-order valence-corrected chi connectivity index (χ1v) is 11.4. The number of nitrogens with zero attached hydrogens (tertiary/aromatic N) is 4. The highest BCUT2D eigenvalue weighted by atomic mass is 16.5. The van der Waals surface area contributed by atoms with Gasteiger partial charge in [0.25, 0.3) is 0 Å². The van der Waals surface area contributed by atoms with Crippen molar-refractivity contribution in [2.24, 2.45) is 0 Å². The van der Waals surface area contributed by atoms with E-state index in [1.165, 1.54) is 0 Å². The molecule has 7 heteroatoms. The first-order chi connectivity index (χ1) is 15.5. The van der Waals surface area contributed by atoms with E-state index < -0.39 is 0 Å². The number of esters is 1. The molecular formula is C25H30N4O3. The van der Waals surface area contributed by atoms with Crippen molar-refractivity contribution in [1.29, 1.82) is 0 Å². The number of aromatic hydroxyl groups is 1. The molecule has 0 aliphatic carbocycles. The highest BCUT2D eigenvalue weighted by Gasteiger charge is 2.35. The number of carbonyl (C=O) groups excluding carboxylic acids is 1. The minimum atomic E-state index is -0.315. The van der Waals surface area contributed by atoms with Crippen LogP contribution in [0.1, 0.15) is 54.5 Å². The fourth-order valence-electron chi connectivity index (χ4n) is 5.22. The molecule has 1 N–H and O–H groups in total. The highest BCUT2D eigenvalue weighted by molar-refractivity contribution is 6.09. The van der Waals surface area contributed by atoms with Crippen LogP contribution in [0.2, 0.25) is 0 Å². The average molecular weight is 435 g/mol. The smallest absolute Gasteiger partial charge is 0.340 e. The summed E-state index contributed by atoms with van der Waals surface area (Å²) in [6, 6.07) is 5.85. The zero-order valence-electron chi connectivity index (χ0n) is 19.0. The van der Waals surface area contributed by atoms with Crippen LogP contribution in [0.25, 0.3) is 22.0 Å². The second-order valence-electron chi connectivity index (χ2n) is 8.83. The monoisotopic (exact) mass is 434 g/mol. The molecule has 32 heavy (non-hydrogen) atoms. The molecule has 5 rings (SSSR count). The fraction of sp³-hybridized carbons (Fsp3) is 0.440. The van der Waals surface area contributed by atoms with E-state index in [9.17, 15) is 9.90 Å². The van der Waals surface area contributed by atoms with Crippen LogP contribution in [0.3, 0.4) is 0 Å². The van der Waals surface area contributed by atoms with Gasteiger partial charge in [0.2, 0.25) is 0 Å². The van der Waals surface area contributed by atoms with Gasteiger partial charge in [0.1, 0.15) is 5.75 Å². The van der Waals surface area contributed by atoms with E-state index in [4.69, 9.17) is 4.74 Å². The second kappa shape index (κ2) is 8.22. The van der Waals surface area contributed by atoms with Crippen molar-refractivity contribution in [3.8, 4) is 16.9 Å². The van der Waals surface area contributed by atoms with Crippen LogP contribution < -0.4 is 0 Å². The molecule has 1 fully saturated rings. The Kier molecular flexibility index (Phi) is 5.39. The minimum absolute atomic E-state index is 0.0987. The maximum atomic E-state index is 13.2. The Morgan fingerprint density at radius 1 is 1.31 bits per heavy atom. The Morgan fingerprint density at radius 2 is 2.09 bits per heavy atom. The third-order valence-electron chi connectivity index (χ3n) is 6.91. The summed E-state index contributed by atoms with van der Waals surface area (Å²) in [6.45, 7) is 7.55. The van der Waals surface area contributed by atoms with Gasteiger partial charge >= 0.3 is 5.97 Å². The van der Waals surface area contributed by atoms with Gasteiger partial charge in [0.15, 0.2) is 0 Å². The molecule has 2 aliphatic rings. The normalized spacial score (nSPS) is 19.0. The Morgan fingerprint density at radius 3 is 2.78 bits per heavy atom. The molecule has 0 amide bonds. The van der Waals surface area contributed by atoms with E-state index in [0.717, 1.165) is 59.2 Å². The predicted octanol–water partition coefficient (Wildman–Crippen LogP) is 4.15. The van der Waals surface area contributed by atoms with Crippen molar-refractivity contribution in [1.82, 2.24) is 19.4 Å². The summed E-state index contributed by atoms with van der Waals surface area (Å²) in [7, 11) is 2.06. The Bertz CT molecular complexity index is 1170. The molecule has 3 aromatic rings. The number of fused-ring (bicyclic) bond motifs is 3. The molecule has 0 spiro atoms. The number of phenols is 1. The Balaban J connectivity index is 1.83. The molecule has 1 aromatic carbocycles. The lowest BCUT2D eigenvalue weighted by atomic mass is 9.96. The molecule has 4 heterocycles. The van der Waals surface area contributed by atoms with Crippen LogP contribution in [-0.4, -0.2) is 57.2 Å². The average Bonchev–Trinajstić information content (AvgIpc) is 3.48. The molecule has 1 saturated heterocycles. The number of hydrogen-bond acceptors (Lipinski definition) is 6. The van der Waals surface area contributed by atoms with Crippen LogP contribution >= 0.6 is 0 Å². The van der Waals surface area contributed by atoms with Crippen LogP contribution in [0.5, 0.6) is 5.75 Å². The molecule has 2 aliphatic heterocycles. The second-order valence-corrected chi connectivity index (χ2v) is 8.83. The van der Waals surface area contributed by atoms with Crippen molar-refractivity contribution in [2.45, 2.75) is 45.9 Å². The molecule has 1 unspecified atom stereocenters. The van der Waals surface area contributed by atoms with Crippen LogP contribution in [0.15, 0.2) is 30.6 Å². The SMILES string of the molecule is CCOC(=O)c1c2n(c3cc(-c4cccnc4)c(O)c(CN4CCCC4)c13)C(C)N(C)C2. The predicted molar refractivity (Wildman–Crippen MR) is 123 cm³/mol. The van der Waals surface area contributed by atoms with Crippen LogP contribution in [-0.2, 0) is 17.8 Å². The van der Waals surface area contributed by atoms with Gasteiger partial charge in [0.05, 0.1) is 23.9 Å². The number of ether oxygens (including phenoxy) is 1. The van der Waals surface area contributed by atoms with E-state index in [2.05, 4.69) is 33.3 Å². The van der Waals surface area contributed by atoms with Gasteiger partial charge in [-0.15, -0.1) is 0 Å². The number of likely N-dealkylation sites (tertiary alicyclic amines) is 1. The number of hydrogen-bond donors (Lipinski definition) is 1. The summed E-state index contributed by atoms with van der Waals surface area (Å²) in [5.41, 5.74) is 4.94. The minimum Gasteiger partial charge on any atom is -0.507 e. The number of benzene rings is 1. The van der Waals surface area contributed by atoms with Gasteiger partial charge in [-0.3, -0.25) is 14.8 Å². The number of rotatable bonds is 5. The molecule has 168 valence electrons. The largest absolute Gasteiger partial charge is 0.507 e. The Hall–Kier alpha value is -2.90. The summed E-state index contributed by atoms with van der Waals surface area (Å²) in [4.78, 5) is 22.0. The number of pyridine rings is 1. The van der Waals surface area contributed by atoms with Gasteiger partial charge in [-0.2, -0.15) is 0 Å². The zero-order chi connectivity index (χ0) is 22.4. The number of phenolic OH excluding ortho intramolecular Hbond substituents is 1. The first kappa shape index (κ1) is 21.0. The lowest BCUT2D eigenvalue weighted by molar-refractivity contribution is 0.0527. The standard InChI is InChI=1S/C25H30N4O3/c1-4-32-25(31)23-21-15-27(3)16(2)29(21)20-12-18(17-8-7-9-26-13-17)24(30)19(22(20)23)14-28-10-5-6-11-28/h7-9,12-13,16,30H,4-6,10-11,14-15H2,1-3H3. The summed E-state index contributed by atoms with van der Waals surface area (Å²) < 4.78 is 7.72. The summed E-state index contributed by atoms with van der Waals surface area (Å²) in [5, 5.41) is 12.3. The molecule has 0 bridgehead atoms. The molecule has 0 radical (unpaired) electrons. The number of carbonyl (C=O) groups is 1. The highest BCUT2D eigenvalue weighted by Crippen LogP contribution is 2.45. The van der Waals surface area contributed by atoms with E-state index in [1.54, 1.807) is 12.4 Å². The number of aromatic nitrogens is 2. The summed E-state index contributed by atoms with van der Waals surface area (Å²) in [5.74, 6) is -0.0850. The van der Waals surface area contributed by atoms with Crippen molar-refractivity contribution in [2.75, 3.05) is 26.7 Å². The van der Waals surface area contributed by atoms with E-state index in [-0.39, 0.29) is 17.9 Å². The van der Waals surface area contributed by atoms with Crippen LogP contribution in [0.4, 0.5) is 0 Å². The fourth-order valence-corrected chi connectivity index (χ4v) is 5.22. The third-order valence-corrected chi connectivity index (χ3v) is 6.91. The lowest BCUT2D eigenvalue weighted by Gasteiger charge is -2.21. The Labute approximate surface area is 188 Å². The zero-order valence-corrected chi connectivity index (χ0v) is 19.0. The molecule has 2 aromatic heterocycles. The maximum Gasteiger partial charge on any atom is 0.340 e. The molecular weight excluding hydrogens is 404 g/mol.